The molecule has 0 spiro atoms. The topological polar surface area (TPSA) is 76.5 Å². The van der Waals surface area contributed by atoms with Crippen LogP contribution in [0.5, 0.6) is 0 Å². The lowest BCUT2D eigenvalue weighted by atomic mass is 9.97. The lowest BCUT2D eigenvalue weighted by Gasteiger charge is -2.09. The summed E-state index contributed by atoms with van der Waals surface area (Å²) in [7, 11) is 0. The van der Waals surface area contributed by atoms with Gasteiger partial charge in [-0.3, -0.25) is 4.79 Å². The number of benzene rings is 4. The number of rotatable bonds is 7. The number of hydrogen-bond acceptors (Lipinski definition) is 4. The van der Waals surface area contributed by atoms with Gasteiger partial charge < -0.3 is 15.3 Å². The lowest BCUT2D eigenvalue weighted by molar-refractivity contribution is -0.137. The maximum absolute atomic E-state index is 10.9. The van der Waals surface area contributed by atoms with Gasteiger partial charge in [-0.25, -0.2) is 0 Å². The molecule has 1 heterocycles. The highest BCUT2D eigenvalue weighted by Gasteiger charge is 2.13. The van der Waals surface area contributed by atoms with Gasteiger partial charge >= 0.3 is 5.97 Å². The molecule has 0 aliphatic heterocycles. The molecule has 1 atom stereocenters. The van der Waals surface area contributed by atoms with Gasteiger partial charge in [0.05, 0.1) is 0 Å². The largest absolute Gasteiger partial charge is 0.480 e. The number of fused-ring (bicyclic) bond motifs is 3. The highest BCUT2D eigenvalue weighted by molar-refractivity contribution is 7.98. The fourth-order valence-corrected chi connectivity index (χ4v) is 4.99. The second kappa shape index (κ2) is 9.14. The average molecular weight is 454 g/mol. The summed E-state index contributed by atoms with van der Waals surface area (Å²) in [5.41, 5.74) is 13.0. The molecular weight excluding hydrogens is 430 g/mol. The van der Waals surface area contributed by atoms with Gasteiger partial charge in [0, 0.05) is 27.8 Å². The molecule has 0 fully saturated rings. The van der Waals surface area contributed by atoms with Crippen molar-refractivity contribution in [2.45, 2.75) is 11.8 Å². The van der Waals surface area contributed by atoms with Crippen LogP contribution < -0.4 is 5.73 Å². The number of furan rings is 1. The van der Waals surface area contributed by atoms with Crippen LogP contribution in [-0.2, 0) is 10.5 Å². The first-order valence-electron chi connectivity index (χ1n) is 10.8. The Morgan fingerprint density at radius 2 is 1.55 bits per heavy atom. The van der Waals surface area contributed by atoms with Gasteiger partial charge in [0.15, 0.2) is 0 Å². The molecule has 0 bridgehead atoms. The van der Waals surface area contributed by atoms with Crippen molar-refractivity contribution < 1.29 is 14.3 Å². The molecule has 1 aromatic heterocycles. The van der Waals surface area contributed by atoms with E-state index in [1.54, 1.807) is 0 Å². The number of carboxylic acids is 1. The van der Waals surface area contributed by atoms with Crippen molar-refractivity contribution in [2.24, 2.45) is 5.73 Å². The van der Waals surface area contributed by atoms with Crippen LogP contribution in [0.3, 0.4) is 0 Å². The Kier molecular flexibility index (Phi) is 5.90. The molecule has 5 heteroatoms. The van der Waals surface area contributed by atoms with E-state index < -0.39 is 12.0 Å². The van der Waals surface area contributed by atoms with Crippen molar-refractivity contribution in [3.63, 3.8) is 0 Å². The Hall–Kier alpha value is -3.54. The predicted molar refractivity (Wildman–Crippen MR) is 136 cm³/mol. The van der Waals surface area contributed by atoms with E-state index in [0.717, 1.165) is 49.8 Å². The summed E-state index contributed by atoms with van der Waals surface area (Å²) >= 11 is 1.53. The number of carboxylic acid groups (broad SMARTS) is 1. The zero-order valence-corrected chi connectivity index (χ0v) is 18.7. The highest BCUT2D eigenvalue weighted by atomic mass is 32.2. The molecule has 1 unspecified atom stereocenters. The van der Waals surface area contributed by atoms with Crippen LogP contribution in [-0.4, -0.2) is 22.9 Å². The van der Waals surface area contributed by atoms with Crippen LogP contribution >= 0.6 is 11.8 Å². The molecule has 0 radical (unpaired) electrons. The normalized spacial score (nSPS) is 12.3. The van der Waals surface area contributed by atoms with Crippen molar-refractivity contribution in [3.05, 3.63) is 96.6 Å². The van der Waals surface area contributed by atoms with Crippen molar-refractivity contribution in [2.75, 3.05) is 5.75 Å². The molecule has 4 nitrogen and oxygen atoms in total. The molecule has 4 aromatic carbocycles. The third kappa shape index (κ3) is 4.38. The van der Waals surface area contributed by atoms with E-state index >= 15 is 0 Å². The lowest BCUT2D eigenvalue weighted by Crippen LogP contribution is -2.32. The minimum absolute atomic E-state index is 0.385. The summed E-state index contributed by atoms with van der Waals surface area (Å²) in [4.78, 5) is 10.9. The van der Waals surface area contributed by atoms with E-state index in [9.17, 15) is 4.79 Å². The fourth-order valence-electron chi connectivity index (χ4n) is 4.06. The van der Waals surface area contributed by atoms with E-state index in [0.29, 0.717) is 11.5 Å². The van der Waals surface area contributed by atoms with Gasteiger partial charge in [-0.2, -0.15) is 11.8 Å². The van der Waals surface area contributed by atoms with Gasteiger partial charge in [-0.05, 0) is 34.4 Å². The summed E-state index contributed by atoms with van der Waals surface area (Å²) < 4.78 is 6.23. The molecule has 0 aliphatic rings. The SMILES string of the molecule is NC(CSCc1cccc(-c2cccc(-c3cccc4c3oc3ccccc34)c2)c1)C(=O)O. The summed E-state index contributed by atoms with van der Waals surface area (Å²) in [6.45, 7) is 0. The Bertz CT molecular complexity index is 1460. The van der Waals surface area contributed by atoms with Crippen molar-refractivity contribution >= 4 is 39.7 Å². The standard InChI is InChI=1S/C28H23NO3S/c29-25(28(30)31)17-33-16-18-6-3-7-19(14-18)20-8-4-9-21(15-20)22-11-5-12-24-23-10-1-2-13-26(23)32-27(22)24/h1-15,25H,16-17,29H2,(H,30,31). The smallest absolute Gasteiger partial charge is 0.321 e. The fraction of sp³-hybridized carbons (Fsp3) is 0.107. The van der Waals surface area contributed by atoms with Crippen LogP contribution in [0.1, 0.15) is 5.56 Å². The summed E-state index contributed by atoms with van der Waals surface area (Å²) in [5, 5.41) is 11.2. The summed E-state index contributed by atoms with van der Waals surface area (Å²) in [6, 6.07) is 30.4. The van der Waals surface area contributed by atoms with E-state index in [1.807, 2.05) is 24.3 Å². The van der Waals surface area contributed by atoms with Crippen LogP contribution in [0.2, 0.25) is 0 Å². The molecule has 0 saturated carbocycles. The van der Waals surface area contributed by atoms with Gasteiger partial charge in [-0.15, -0.1) is 0 Å². The quantitative estimate of drug-likeness (QED) is 0.292. The number of aliphatic carboxylic acids is 1. The van der Waals surface area contributed by atoms with E-state index in [-0.39, 0.29) is 0 Å². The minimum Gasteiger partial charge on any atom is -0.480 e. The molecule has 33 heavy (non-hydrogen) atoms. The maximum Gasteiger partial charge on any atom is 0.321 e. The van der Waals surface area contributed by atoms with Crippen LogP contribution in [0, 0.1) is 0 Å². The number of carbonyl (C=O) groups is 1. The molecule has 0 aliphatic carbocycles. The second-order valence-corrected chi connectivity index (χ2v) is 9.05. The summed E-state index contributed by atoms with van der Waals surface area (Å²) in [5.74, 6) is 0.135. The predicted octanol–water partition coefficient (Wildman–Crippen LogP) is 6.57. The molecular formula is C28H23NO3S. The Balaban J connectivity index is 1.45. The molecule has 5 aromatic rings. The monoisotopic (exact) mass is 453 g/mol. The van der Waals surface area contributed by atoms with E-state index in [1.165, 1.54) is 11.8 Å². The van der Waals surface area contributed by atoms with E-state index in [2.05, 4.69) is 66.7 Å². The zero-order valence-electron chi connectivity index (χ0n) is 17.9. The number of para-hydroxylation sites is 2. The Labute approximate surface area is 196 Å². The van der Waals surface area contributed by atoms with Gasteiger partial charge in [0.25, 0.3) is 0 Å². The van der Waals surface area contributed by atoms with Crippen LogP contribution in [0.25, 0.3) is 44.2 Å². The second-order valence-electron chi connectivity index (χ2n) is 8.02. The number of thioether (sulfide) groups is 1. The Morgan fingerprint density at radius 3 is 2.39 bits per heavy atom. The third-order valence-electron chi connectivity index (χ3n) is 5.72. The molecule has 0 saturated heterocycles. The first kappa shape index (κ1) is 21.3. The summed E-state index contributed by atoms with van der Waals surface area (Å²) in [6.07, 6.45) is 0. The van der Waals surface area contributed by atoms with Gasteiger partial charge in [0.1, 0.15) is 17.2 Å². The third-order valence-corrected chi connectivity index (χ3v) is 6.85. The molecule has 164 valence electrons. The van der Waals surface area contributed by atoms with Crippen molar-refractivity contribution in [3.8, 4) is 22.3 Å². The maximum atomic E-state index is 10.9. The van der Waals surface area contributed by atoms with Crippen LogP contribution in [0.4, 0.5) is 0 Å². The highest BCUT2D eigenvalue weighted by Crippen LogP contribution is 2.36. The van der Waals surface area contributed by atoms with Crippen molar-refractivity contribution in [1.82, 2.24) is 0 Å². The average Bonchev–Trinajstić information content (AvgIpc) is 3.23. The first-order valence-corrected chi connectivity index (χ1v) is 11.9. The van der Waals surface area contributed by atoms with Crippen LogP contribution in [0.15, 0.2) is 95.4 Å². The number of hydrogen-bond donors (Lipinski definition) is 2. The minimum atomic E-state index is -0.965. The molecule has 3 N–H and O–H groups in total. The zero-order chi connectivity index (χ0) is 22.8. The van der Waals surface area contributed by atoms with E-state index in [4.69, 9.17) is 15.3 Å². The van der Waals surface area contributed by atoms with Crippen molar-refractivity contribution in [1.29, 1.82) is 0 Å². The first-order chi connectivity index (χ1) is 16.1. The molecule has 5 rings (SSSR count). The van der Waals surface area contributed by atoms with Gasteiger partial charge in [0.2, 0.25) is 0 Å². The number of nitrogens with two attached hydrogens (primary N) is 1. The Morgan fingerprint density at radius 1 is 0.848 bits per heavy atom. The molecule has 0 amide bonds. The van der Waals surface area contributed by atoms with Gasteiger partial charge in [-0.1, -0.05) is 78.9 Å².